The lowest BCUT2D eigenvalue weighted by Gasteiger charge is -2.23. The number of aliphatic hydroxyl groups is 1. The van der Waals surface area contributed by atoms with Crippen LogP contribution in [0, 0.1) is 0 Å². The lowest BCUT2D eigenvalue weighted by atomic mass is 9.95. The van der Waals surface area contributed by atoms with E-state index in [9.17, 15) is 19.5 Å². The van der Waals surface area contributed by atoms with Gasteiger partial charge in [0.2, 0.25) is 0 Å². The van der Waals surface area contributed by atoms with E-state index in [2.05, 4.69) is 14.2 Å². The Balaban J connectivity index is 4.85. The van der Waals surface area contributed by atoms with Crippen molar-refractivity contribution in [3.05, 3.63) is 0 Å². The molecule has 0 aliphatic carbocycles. The largest absolute Gasteiger partial charge is 0.469 e. The molecule has 0 aromatic carbocycles. The first-order valence-corrected chi connectivity index (χ1v) is 4.92. The SMILES string of the molecule is CCOC(=O)C(O)(CC(=O)OC)CC(=O)OC. The summed E-state index contributed by atoms with van der Waals surface area (Å²) in [6, 6.07) is 0. The number of rotatable bonds is 6. The summed E-state index contributed by atoms with van der Waals surface area (Å²) < 4.78 is 13.3. The number of methoxy groups -OCH3 is 2. The van der Waals surface area contributed by atoms with Crippen LogP contribution in [0.4, 0.5) is 0 Å². The number of hydrogen-bond acceptors (Lipinski definition) is 7. The Hall–Kier alpha value is -1.63. The van der Waals surface area contributed by atoms with E-state index in [1.165, 1.54) is 6.92 Å². The lowest BCUT2D eigenvalue weighted by Crippen LogP contribution is -2.44. The highest BCUT2D eigenvalue weighted by Gasteiger charge is 2.42. The standard InChI is InChI=1S/C10H16O7/c1-4-17-9(13)10(14,5-7(11)15-2)6-8(12)16-3/h14H,4-6H2,1-3H3. The summed E-state index contributed by atoms with van der Waals surface area (Å²) in [6.45, 7) is 1.55. The van der Waals surface area contributed by atoms with E-state index < -0.39 is 36.4 Å². The highest BCUT2D eigenvalue weighted by atomic mass is 16.6. The Kier molecular flexibility index (Phi) is 6.19. The van der Waals surface area contributed by atoms with Crippen LogP contribution < -0.4 is 0 Å². The monoisotopic (exact) mass is 248 g/mol. The zero-order valence-electron chi connectivity index (χ0n) is 10.0. The molecule has 0 aliphatic heterocycles. The second-order valence-corrected chi connectivity index (χ2v) is 3.26. The number of hydrogen-bond donors (Lipinski definition) is 1. The van der Waals surface area contributed by atoms with Crippen LogP contribution >= 0.6 is 0 Å². The van der Waals surface area contributed by atoms with Gasteiger partial charge in [0.15, 0.2) is 5.60 Å². The van der Waals surface area contributed by atoms with Gasteiger partial charge in [0, 0.05) is 0 Å². The third-order valence-corrected chi connectivity index (χ3v) is 1.98. The molecule has 0 rings (SSSR count). The Labute approximate surface area is 98.6 Å². The zero-order chi connectivity index (χ0) is 13.5. The van der Waals surface area contributed by atoms with Crippen LogP contribution in [0.15, 0.2) is 0 Å². The number of carbonyl (C=O) groups is 3. The molecule has 0 aliphatic rings. The van der Waals surface area contributed by atoms with Gasteiger partial charge in [0.1, 0.15) is 0 Å². The maximum absolute atomic E-state index is 11.5. The molecule has 0 saturated heterocycles. The minimum Gasteiger partial charge on any atom is -0.469 e. The van der Waals surface area contributed by atoms with E-state index in [0.29, 0.717) is 0 Å². The summed E-state index contributed by atoms with van der Waals surface area (Å²) in [6.07, 6.45) is -1.34. The molecule has 0 unspecified atom stereocenters. The van der Waals surface area contributed by atoms with E-state index in [1.54, 1.807) is 0 Å². The van der Waals surface area contributed by atoms with E-state index in [4.69, 9.17) is 0 Å². The molecule has 0 saturated carbocycles. The van der Waals surface area contributed by atoms with Crippen molar-refractivity contribution in [3.8, 4) is 0 Å². The highest BCUT2D eigenvalue weighted by molar-refractivity contribution is 5.90. The molecule has 0 aromatic rings. The van der Waals surface area contributed by atoms with Crippen molar-refractivity contribution in [1.82, 2.24) is 0 Å². The van der Waals surface area contributed by atoms with Crippen LogP contribution in [-0.2, 0) is 28.6 Å². The van der Waals surface area contributed by atoms with Crippen molar-refractivity contribution in [2.24, 2.45) is 0 Å². The molecule has 0 atom stereocenters. The number of esters is 3. The van der Waals surface area contributed by atoms with Crippen molar-refractivity contribution in [1.29, 1.82) is 0 Å². The van der Waals surface area contributed by atoms with Crippen molar-refractivity contribution in [2.45, 2.75) is 25.4 Å². The Morgan fingerprint density at radius 2 is 1.47 bits per heavy atom. The summed E-state index contributed by atoms with van der Waals surface area (Å²) in [5, 5.41) is 9.94. The molecular weight excluding hydrogens is 232 g/mol. The van der Waals surface area contributed by atoms with Gasteiger partial charge < -0.3 is 19.3 Å². The maximum Gasteiger partial charge on any atom is 0.339 e. The molecule has 0 heterocycles. The Bertz CT molecular complexity index is 279. The smallest absolute Gasteiger partial charge is 0.339 e. The van der Waals surface area contributed by atoms with Gasteiger partial charge in [-0.15, -0.1) is 0 Å². The zero-order valence-corrected chi connectivity index (χ0v) is 10.0. The van der Waals surface area contributed by atoms with Crippen LogP contribution in [0.2, 0.25) is 0 Å². The van der Waals surface area contributed by atoms with Gasteiger partial charge in [0.05, 0.1) is 33.7 Å². The van der Waals surface area contributed by atoms with E-state index >= 15 is 0 Å². The van der Waals surface area contributed by atoms with Gasteiger partial charge in [-0.3, -0.25) is 9.59 Å². The second-order valence-electron chi connectivity index (χ2n) is 3.26. The molecule has 0 fully saturated rings. The summed E-state index contributed by atoms with van der Waals surface area (Å²) in [4.78, 5) is 33.6. The molecule has 0 aromatic heterocycles. The number of carbonyl (C=O) groups excluding carboxylic acids is 3. The third-order valence-electron chi connectivity index (χ3n) is 1.98. The van der Waals surface area contributed by atoms with Crippen molar-refractivity contribution >= 4 is 17.9 Å². The van der Waals surface area contributed by atoms with E-state index in [0.717, 1.165) is 14.2 Å². The first kappa shape index (κ1) is 15.4. The Morgan fingerprint density at radius 1 is 1.06 bits per heavy atom. The van der Waals surface area contributed by atoms with Crippen molar-refractivity contribution < 1.29 is 33.7 Å². The molecule has 98 valence electrons. The molecular formula is C10H16O7. The van der Waals surface area contributed by atoms with Gasteiger partial charge in [0.25, 0.3) is 0 Å². The Morgan fingerprint density at radius 3 is 1.76 bits per heavy atom. The molecule has 0 spiro atoms. The fourth-order valence-corrected chi connectivity index (χ4v) is 1.09. The molecule has 0 amide bonds. The van der Waals surface area contributed by atoms with Crippen LogP contribution in [0.25, 0.3) is 0 Å². The average molecular weight is 248 g/mol. The molecule has 7 heteroatoms. The number of ether oxygens (including phenoxy) is 3. The predicted molar refractivity (Wildman–Crippen MR) is 54.8 cm³/mol. The fourth-order valence-electron chi connectivity index (χ4n) is 1.09. The van der Waals surface area contributed by atoms with E-state index in [1.807, 2.05) is 0 Å². The predicted octanol–water partition coefficient (Wildman–Crippen LogP) is -0.593. The summed E-state index contributed by atoms with van der Waals surface area (Å²) >= 11 is 0. The van der Waals surface area contributed by atoms with Gasteiger partial charge >= 0.3 is 17.9 Å². The minimum absolute atomic E-state index is 0.0173. The van der Waals surface area contributed by atoms with Crippen molar-refractivity contribution in [3.63, 3.8) is 0 Å². The first-order valence-electron chi connectivity index (χ1n) is 4.92. The third kappa shape index (κ3) is 4.81. The highest BCUT2D eigenvalue weighted by Crippen LogP contribution is 2.19. The average Bonchev–Trinajstić information content (AvgIpc) is 2.28. The minimum atomic E-state index is -2.25. The summed E-state index contributed by atoms with van der Waals surface area (Å²) in [7, 11) is 2.21. The van der Waals surface area contributed by atoms with Crippen LogP contribution in [0.3, 0.4) is 0 Å². The topological polar surface area (TPSA) is 99.1 Å². The van der Waals surface area contributed by atoms with Crippen molar-refractivity contribution in [2.75, 3.05) is 20.8 Å². The van der Waals surface area contributed by atoms with Crippen LogP contribution in [0.1, 0.15) is 19.8 Å². The molecule has 0 radical (unpaired) electrons. The quantitative estimate of drug-likeness (QED) is 0.495. The van der Waals surface area contributed by atoms with Gasteiger partial charge in [-0.25, -0.2) is 4.79 Å². The maximum atomic E-state index is 11.5. The van der Waals surface area contributed by atoms with Gasteiger partial charge in [-0.1, -0.05) is 0 Å². The van der Waals surface area contributed by atoms with Crippen LogP contribution in [-0.4, -0.2) is 49.4 Å². The fraction of sp³-hybridized carbons (Fsp3) is 0.700. The second kappa shape index (κ2) is 6.85. The molecule has 7 nitrogen and oxygen atoms in total. The summed E-state index contributed by atoms with van der Waals surface area (Å²) in [5.74, 6) is -2.72. The van der Waals surface area contributed by atoms with Crippen LogP contribution in [0.5, 0.6) is 0 Å². The molecule has 0 bridgehead atoms. The normalized spacial score (nSPS) is 10.6. The van der Waals surface area contributed by atoms with Gasteiger partial charge in [-0.05, 0) is 6.92 Å². The van der Waals surface area contributed by atoms with E-state index in [-0.39, 0.29) is 6.61 Å². The van der Waals surface area contributed by atoms with Gasteiger partial charge in [-0.2, -0.15) is 0 Å². The molecule has 17 heavy (non-hydrogen) atoms. The summed E-state index contributed by atoms with van der Waals surface area (Å²) in [5.41, 5.74) is -2.25. The lowest BCUT2D eigenvalue weighted by molar-refractivity contribution is -0.176. The molecule has 1 N–H and O–H groups in total. The first-order chi connectivity index (χ1) is 7.89.